The van der Waals surface area contributed by atoms with E-state index in [0.717, 1.165) is 8.78 Å². The van der Waals surface area contributed by atoms with E-state index in [4.69, 9.17) is 0 Å². The van der Waals surface area contributed by atoms with Crippen LogP contribution in [-0.2, 0) is 14.8 Å². The van der Waals surface area contributed by atoms with Gasteiger partial charge in [-0.15, -0.1) is 0 Å². The number of hydrogen-bond donors (Lipinski definition) is 1. The summed E-state index contributed by atoms with van der Waals surface area (Å²) in [5.74, 6) is -0.597. The van der Waals surface area contributed by atoms with Gasteiger partial charge in [-0.05, 0) is 43.3 Å². The van der Waals surface area contributed by atoms with Crippen molar-refractivity contribution >= 4 is 43.3 Å². The SMILES string of the molecule is CC(=O)c1ccc(S(=O)(=O)N(C)CC(=O)Nc2ccc(Br)cc2)cc1. The first-order chi connectivity index (χ1) is 11.7. The summed E-state index contributed by atoms with van der Waals surface area (Å²) in [4.78, 5) is 23.3. The average Bonchev–Trinajstić information content (AvgIpc) is 2.57. The first kappa shape index (κ1) is 19.3. The van der Waals surface area contributed by atoms with Gasteiger partial charge in [-0.1, -0.05) is 28.1 Å². The molecule has 0 saturated heterocycles. The molecule has 2 rings (SSSR count). The number of carbonyl (C=O) groups is 2. The van der Waals surface area contributed by atoms with E-state index in [0.29, 0.717) is 11.3 Å². The fraction of sp³-hybridized carbons (Fsp3) is 0.176. The molecule has 0 fully saturated rings. The maximum Gasteiger partial charge on any atom is 0.243 e. The Balaban J connectivity index is 2.07. The third kappa shape index (κ3) is 4.97. The van der Waals surface area contributed by atoms with Gasteiger partial charge in [0.25, 0.3) is 0 Å². The zero-order valence-corrected chi connectivity index (χ0v) is 16.1. The topological polar surface area (TPSA) is 83.6 Å². The fourth-order valence-corrected chi connectivity index (χ4v) is 3.45. The second-order valence-electron chi connectivity index (χ2n) is 5.40. The molecule has 2 aromatic rings. The van der Waals surface area contributed by atoms with Crippen molar-refractivity contribution in [3.05, 3.63) is 58.6 Å². The molecule has 132 valence electrons. The first-order valence-corrected chi connectivity index (χ1v) is 9.56. The van der Waals surface area contributed by atoms with Crippen molar-refractivity contribution in [2.45, 2.75) is 11.8 Å². The molecule has 25 heavy (non-hydrogen) atoms. The molecule has 2 aromatic carbocycles. The zero-order chi connectivity index (χ0) is 18.6. The summed E-state index contributed by atoms with van der Waals surface area (Å²) in [7, 11) is -2.49. The molecule has 0 bridgehead atoms. The highest BCUT2D eigenvalue weighted by molar-refractivity contribution is 9.10. The Morgan fingerprint density at radius 3 is 2.12 bits per heavy atom. The Hall–Kier alpha value is -2.03. The molecular weight excluding hydrogens is 408 g/mol. The van der Waals surface area contributed by atoms with Crippen molar-refractivity contribution in [2.75, 3.05) is 18.9 Å². The Bertz CT molecular complexity index is 878. The molecule has 0 unspecified atom stereocenters. The molecule has 0 aliphatic rings. The maximum absolute atomic E-state index is 12.5. The standard InChI is InChI=1S/C17H17BrN2O4S/c1-12(21)13-3-9-16(10-4-13)25(23,24)20(2)11-17(22)19-15-7-5-14(18)6-8-15/h3-10H,11H2,1-2H3,(H,19,22). The molecule has 0 radical (unpaired) electrons. The van der Waals surface area contributed by atoms with Crippen molar-refractivity contribution < 1.29 is 18.0 Å². The van der Waals surface area contributed by atoms with E-state index < -0.39 is 15.9 Å². The summed E-state index contributed by atoms with van der Waals surface area (Å²) < 4.78 is 26.8. The highest BCUT2D eigenvalue weighted by Crippen LogP contribution is 2.17. The lowest BCUT2D eigenvalue weighted by Gasteiger charge is -2.17. The van der Waals surface area contributed by atoms with Gasteiger partial charge in [-0.3, -0.25) is 9.59 Å². The Labute approximate surface area is 155 Å². The van der Waals surface area contributed by atoms with Crippen LogP contribution in [0.4, 0.5) is 5.69 Å². The van der Waals surface area contributed by atoms with E-state index in [1.54, 1.807) is 24.3 Å². The van der Waals surface area contributed by atoms with Crippen molar-refractivity contribution in [2.24, 2.45) is 0 Å². The van der Waals surface area contributed by atoms with E-state index in [9.17, 15) is 18.0 Å². The molecule has 0 aliphatic carbocycles. The predicted octanol–water partition coefficient (Wildman–Crippen LogP) is 2.91. The van der Waals surface area contributed by atoms with E-state index >= 15 is 0 Å². The van der Waals surface area contributed by atoms with Crippen LogP contribution >= 0.6 is 15.9 Å². The minimum absolute atomic E-state index is 0.0245. The van der Waals surface area contributed by atoms with Crippen LogP contribution in [0.15, 0.2) is 57.9 Å². The van der Waals surface area contributed by atoms with Crippen LogP contribution in [0.1, 0.15) is 17.3 Å². The number of likely N-dealkylation sites (N-methyl/N-ethyl adjacent to an activating group) is 1. The molecular formula is C17H17BrN2O4S. The summed E-state index contributed by atoms with van der Waals surface area (Å²) in [5, 5.41) is 2.64. The minimum atomic E-state index is -3.82. The summed E-state index contributed by atoms with van der Waals surface area (Å²) in [6.07, 6.45) is 0. The number of halogens is 1. The van der Waals surface area contributed by atoms with Gasteiger partial charge < -0.3 is 5.32 Å². The van der Waals surface area contributed by atoms with E-state index in [2.05, 4.69) is 21.2 Å². The molecule has 0 spiro atoms. The van der Waals surface area contributed by atoms with Crippen LogP contribution in [0.5, 0.6) is 0 Å². The Morgan fingerprint density at radius 1 is 1.04 bits per heavy atom. The molecule has 8 heteroatoms. The molecule has 0 saturated carbocycles. The van der Waals surface area contributed by atoms with Gasteiger partial charge in [-0.25, -0.2) is 8.42 Å². The number of nitrogens with zero attached hydrogens (tertiary/aromatic N) is 1. The predicted molar refractivity (Wildman–Crippen MR) is 99.0 cm³/mol. The van der Waals surface area contributed by atoms with Crippen molar-refractivity contribution in [1.82, 2.24) is 4.31 Å². The number of sulfonamides is 1. The normalized spacial score (nSPS) is 11.4. The smallest absolute Gasteiger partial charge is 0.243 e. The number of nitrogens with one attached hydrogen (secondary N) is 1. The first-order valence-electron chi connectivity index (χ1n) is 7.33. The van der Waals surface area contributed by atoms with Crippen LogP contribution in [0.3, 0.4) is 0 Å². The lowest BCUT2D eigenvalue weighted by Crippen LogP contribution is -2.34. The number of Topliss-reactive ketones (excluding diaryl/α,β-unsaturated/α-hetero) is 1. The van der Waals surface area contributed by atoms with Crippen molar-refractivity contribution in [3.8, 4) is 0 Å². The summed E-state index contributed by atoms with van der Waals surface area (Å²) in [5.41, 5.74) is 0.999. The minimum Gasteiger partial charge on any atom is -0.325 e. The average molecular weight is 425 g/mol. The maximum atomic E-state index is 12.5. The fourth-order valence-electron chi connectivity index (χ4n) is 2.06. The number of hydrogen-bond acceptors (Lipinski definition) is 4. The molecule has 0 heterocycles. The van der Waals surface area contributed by atoms with Crippen LogP contribution < -0.4 is 5.32 Å². The second kappa shape index (κ2) is 7.90. The largest absolute Gasteiger partial charge is 0.325 e. The summed E-state index contributed by atoms with van der Waals surface area (Å²) in [6.45, 7) is 1.08. The Morgan fingerprint density at radius 2 is 1.60 bits per heavy atom. The van der Waals surface area contributed by atoms with Gasteiger partial charge >= 0.3 is 0 Å². The molecule has 6 nitrogen and oxygen atoms in total. The monoisotopic (exact) mass is 424 g/mol. The van der Waals surface area contributed by atoms with Gasteiger partial charge in [0.1, 0.15) is 0 Å². The number of benzene rings is 2. The van der Waals surface area contributed by atoms with Gasteiger partial charge in [0.2, 0.25) is 15.9 Å². The van der Waals surface area contributed by atoms with Gasteiger partial charge in [0, 0.05) is 22.8 Å². The van der Waals surface area contributed by atoms with Gasteiger partial charge in [-0.2, -0.15) is 4.31 Å². The van der Waals surface area contributed by atoms with E-state index in [1.165, 1.54) is 38.2 Å². The van der Waals surface area contributed by atoms with Crippen molar-refractivity contribution in [3.63, 3.8) is 0 Å². The van der Waals surface area contributed by atoms with Gasteiger partial charge in [0.15, 0.2) is 5.78 Å². The van der Waals surface area contributed by atoms with Crippen LogP contribution in [0.2, 0.25) is 0 Å². The summed E-state index contributed by atoms with van der Waals surface area (Å²) >= 11 is 3.30. The molecule has 0 aromatic heterocycles. The third-order valence-corrected chi connectivity index (χ3v) is 5.81. The lowest BCUT2D eigenvalue weighted by molar-refractivity contribution is -0.116. The number of anilines is 1. The molecule has 1 N–H and O–H groups in total. The third-order valence-electron chi connectivity index (χ3n) is 3.46. The zero-order valence-electron chi connectivity index (χ0n) is 13.7. The molecule has 0 atom stereocenters. The second-order valence-corrected chi connectivity index (χ2v) is 8.36. The van der Waals surface area contributed by atoms with Crippen LogP contribution in [0.25, 0.3) is 0 Å². The Kier molecular flexibility index (Phi) is 6.10. The number of rotatable bonds is 6. The molecule has 1 amide bonds. The highest BCUT2D eigenvalue weighted by Gasteiger charge is 2.23. The van der Waals surface area contributed by atoms with Crippen LogP contribution in [0, 0.1) is 0 Å². The van der Waals surface area contributed by atoms with Crippen LogP contribution in [-0.4, -0.2) is 38.0 Å². The van der Waals surface area contributed by atoms with E-state index in [-0.39, 0.29) is 17.2 Å². The van der Waals surface area contributed by atoms with Gasteiger partial charge in [0.05, 0.1) is 11.4 Å². The molecule has 0 aliphatic heterocycles. The highest BCUT2D eigenvalue weighted by atomic mass is 79.9. The summed E-state index contributed by atoms with van der Waals surface area (Å²) in [6, 6.07) is 12.6. The van der Waals surface area contributed by atoms with Crippen molar-refractivity contribution in [1.29, 1.82) is 0 Å². The van der Waals surface area contributed by atoms with E-state index in [1.807, 2.05) is 0 Å². The number of amides is 1. The lowest BCUT2D eigenvalue weighted by atomic mass is 10.2. The quantitative estimate of drug-likeness (QED) is 0.722. The number of carbonyl (C=O) groups excluding carboxylic acids is 2. The number of ketones is 1.